The molecule has 0 amide bonds. The van der Waals surface area contributed by atoms with Crippen molar-refractivity contribution in [2.75, 3.05) is 12.5 Å². The van der Waals surface area contributed by atoms with Gasteiger partial charge in [-0.05, 0) is 85.0 Å². The summed E-state index contributed by atoms with van der Waals surface area (Å²) in [7, 11) is -6.99. The van der Waals surface area contributed by atoms with Gasteiger partial charge in [0.25, 0.3) is 10.1 Å². The molecule has 3 aliphatic carbocycles. The largest absolute Gasteiger partial charge is 0.383 e. The highest BCUT2D eigenvalue weighted by Gasteiger charge is 2.56. The van der Waals surface area contributed by atoms with E-state index >= 15 is 0 Å². The minimum Gasteiger partial charge on any atom is -0.383 e. The van der Waals surface area contributed by atoms with Crippen molar-refractivity contribution in [3.05, 3.63) is 29.3 Å². The lowest BCUT2D eigenvalue weighted by molar-refractivity contribution is -0.00766. The third-order valence-corrected chi connectivity index (χ3v) is 8.23. The highest BCUT2D eigenvalue weighted by Crippen LogP contribution is 2.61. The number of hydrogen-bond acceptors (Lipinski definition) is 6. The van der Waals surface area contributed by atoms with Crippen molar-refractivity contribution in [2.24, 2.45) is 17.3 Å². The minimum absolute atomic E-state index is 0.0961. The van der Waals surface area contributed by atoms with Gasteiger partial charge in [0.15, 0.2) is 0 Å². The van der Waals surface area contributed by atoms with Crippen molar-refractivity contribution >= 4 is 20.2 Å². The molecule has 0 heterocycles. The monoisotopic (exact) mass is 428 g/mol. The zero-order valence-corrected chi connectivity index (χ0v) is 18.2. The Morgan fingerprint density at radius 1 is 1.00 bits per heavy atom. The van der Waals surface area contributed by atoms with Gasteiger partial charge in [0.2, 0.25) is 0 Å². The number of benzene rings is 1. The molecule has 3 aliphatic rings. The molecule has 0 radical (unpaired) electrons. The molecule has 2 saturated carbocycles. The fourth-order valence-corrected chi connectivity index (χ4v) is 7.30. The Morgan fingerprint density at radius 2 is 1.75 bits per heavy atom. The fourth-order valence-electron chi connectivity index (χ4n) is 6.11. The SMILES string of the molecule is C[C@]12CC[C@@H]3c4ccc(OS(C)(=O)=O)cc4CC[C@@H]3[C@@H]1CC[C@@H]2OS(C)(=O)=O. The summed E-state index contributed by atoms with van der Waals surface area (Å²) in [6.45, 7) is 2.20. The molecular weight excluding hydrogens is 400 g/mol. The lowest BCUT2D eigenvalue weighted by Crippen LogP contribution is -2.45. The van der Waals surface area contributed by atoms with Crippen molar-refractivity contribution in [1.82, 2.24) is 0 Å². The highest BCUT2D eigenvalue weighted by molar-refractivity contribution is 7.86. The van der Waals surface area contributed by atoms with Crippen LogP contribution >= 0.6 is 0 Å². The van der Waals surface area contributed by atoms with E-state index in [-0.39, 0.29) is 11.5 Å². The van der Waals surface area contributed by atoms with Crippen molar-refractivity contribution in [3.8, 4) is 5.75 Å². The summed E-state index contributed by atoms with van der Waals surface area (Å²) in [5.41, 5.74) is 2.38. The lowest BCUT2D eigenvalue weighted by Gasteiger charge is -2.50. The second-order valence-electron chi connectivity index (χ2n) is 8.97. The highest BCUT2D eigenvalue weighted by atomic mass is 32.2. The fraction of sp³-hybridized carbons (Fsp3) is 0.700. The summed E-state index contributed by atoms with van der Waals surface area (Å²) in [6.07, 6.45) is 7.64. The van der Waals surface area contributed by atoms with Gasteiger partial charge in [0.1, 0.15) is 5.75 Å². The molecule has 0 aromatic heterocycles. The van der Waals surface area contributed by atoms with Crippen LogP contribution < -0.4 is 4.18 Å². The van der Waals surface area contributed by atoms with Gasteiger partial charge in [-0.3, -0.25) is 4.18 Å². The summed E-state index contributed by atoms with van der Waals surface area (Å²) in [6, 6.07) is 5.64. The molecule has 0 N–H and O–H groups in total. The normalized spacial score (nSPS) is 35.0. The van der Waals surface area contributed by atoms with Gasteiger partial charge in [-0.2, -0.15) is 16.8 Å². The van der Waals surface area contributed by atoms with Crippen molar-refractivity contribution in [3.63, 3.8) is 0 Å². The molecule has 0 saturated heterocycles. The topological polar surface area (TPSA) is 86.7 Å². The zero-order chi connectivity index (χ0) is 20.3. The maximum atomic E-state index is 11.7. The summed E-state index contributed by atoms with van der Waals surface area (Å²) in [4.78, 5) is 0. The van der Waals surface area contributed by atoms with Crippen LogP contribution in [-0.2, 0) is 30.8 Å². The molecule has 1 aromatic rings. The molecule has 0 spiro atoms. The van der Waals surface area contributed by atoms with E-state index in [0.717, 1.165) is 51.0 Å². The van der Waals surface area contributed by atoms with Crippen LogP contribution in [0.25, 0.3) is 0 Å². The van der Waals surface area contributed by atoms with Crippen LogP contribution in [0.4, 0.5) is 0 Å². The molecule has 0 bridgehead atoms. The zero-order valence-electron chi connectivity index (χ0n) is 16.6. The Morgan fingerprint density at radius 3 is 2.43 bits per heavy atom. The molecule has 1 aromatic carbocycles. The number of rotatable bonds is 4. The van der Waals surface area contributed by atoms with E-state index in [4.69, 9.17) is 8.37 Å². The van der Waals surface area contributed by atoms with Crippen molar-refractivity contribution in [1.29, 1.82) is 0 Å². The van der Waals surface area contributed by atoms with E-state index in [0.29, 0.717) is 23.5 Å². The van der Waals surface area contributed by atoms with E-state index < -0.39 is 20.2 Å². The quantitative estimate of drug-likeness (QED) is 0.685. The van der Waals surface area contributed by atoms with Gasteiger partial charge < -0.3 is 4.18 Å². The number of fused-ring (bicyclic) bond motifs is 5. The van der Waals surface area contributed by atoms with Crippen LogP contribution in [0.1, 0.15) is 56.1 Å². The lowest BCUT2D eigenvalue weighted by atomic mass is 9.55. The molecule has 0 aliphatic heterocycles. The van der Waals surface area contributed by atoms with Crippen LogP contribution in [0.5, 0.6) is 5.75 Å². The van der Waals surface area contributed by atoms with Gasteiger partial charge in [0.05, 0.1) is 18.6 Å². The number of aryl methyl sites for hydroxylation is 1. The average molecular weight is 429 g/mol. The van der Waals surface area contributed by atoms with Gasteiger partial charge in [-0.1, -0.05) is 13.0 Å². The van der Waals surface area contributed by atoms with E-state index in [9.17, 15) is 16.8 Å². The predicted molar refractivity (Wildman–Crippen MR) is 106 cm³/mol. The minimum atomic E-state index is -3.53. The molecule has 28 heavy (non-hydrogen) atoms. The van der Waals surface area contributed by atoms with Crippen LogP contribution in [-0.4, -0.2) is 35.5 Å². The first-order valence-corrected chi connectivity index (χ1v) is 13.5. The molecule has 4 rings (SSSR count). The molecule has 5 atom stereocenters. The van der Waals surface area contributed by atoms with E-state index in [1.54, 1.807) is 6.07 Å². The van der Waals surface area contributed by atoms with Gasteiger partial charge in [-0.15, -0.1) is 0 Å². The Bertz CT molecular complexity index is 984. The van der Waals surface area contributed by atoms with E-state index in [2.05, 4.69) is 6.92 Å². The van der Waals surface area contributed by atoms with Crippen molar-refractivity contribution in [2.45, 2.75) is 57.5 Å². The molecule has 156 valence electrons. The Kier molecular flexibility index (Phi) is 4.83. The van der Waals surface area contributed by atoms with Crippen LogP contribution in [0.3, 0.4) is 0 Å². The Balaban J connectivity index is 1.59. The summed E-state index contributed by atoms with van der Waals surface area (Å²) in [5, 5.41) is 0. The first kappa shape index (κ1) is 20.2. The van der Waals surface area contributed by atoms with Gasteiger partial charge >= 0.3 is 10.1 Å². The number of hydrogen-bond donors (Lipinski definition) is 0. The molecule has 8 heteroatoms. The maximum absolute atomic E-state index is 11.7. The molecule has 6 nitrogen and oxygen atoms in total. The summed E-state index contributed by atoms with van der Waals surface area (Å²) < 4.78 is 56.8. The molecule has 2 fully saturated rings. The first-order chi connectivity index (χ1) is 13.0. The van der Waals surface area contributed by atoms with Crippen LogP contribution in [0.15, 0.2) is 18.2 Å². The van der Waals surface area contributed by atoms with E-state index in [1.165, 1.54) is 11.1 Å². The van der Waals surface area contributed by atoms with Crippen LogP contribution in [0, 0.1) is 17.3 Å². The Labute approximate surface area is 167 Å². The average Bonchev–Trinajstić information content (AvgIpc) is 2.88. The predicted octanol–water partition coefficient (Wildman–Crippen LogP) is 3.23. The summed E-state index contributed by atoms with van der Waals surface area (Å²) in [5.74, 6) is 1.79. The molecule has 0 unspecified atom stereocenters. The summed E-state index contributed by atoms with van der Waals surface area (Å²) >= 11 is 0. The van der Waals surface area contributed by atoms with Gasteiger partial charge in [-0.25, -0.2) is 0 Å². The second kappa shape index (κ2) is 6.71. The second-order valence-corrected chi connectivity index (χ2v) is 12.2. The standard InChI is InChI=1S/C20H28O6S2/c1-20-11-10-16-15-7-5-14(25-27(2,21)22)12-13(15)4-6-17(16)18(20)8-9-19(20)26-28(3,23)24/h5,7,12,16-19H,4,6,8-11H2,1-3H3/t16-,17+,18+,19+,20+/m1/s1. The van der Waals surface area contributed by atoms with Gasteiger partial charge in [0, 0.05) is 0 Å². The third-order valence-electron chi connectivity index (χ3n) is 7.15. The van der Waals surface area contributed by atoms with Crippen molar-refractivity contribution < 1.29 is 25.2 Å². The van der Waals surface area contributed by atoms with E-state index in [1.807, 2.05) is 12.1 Å². The smallest absolute Gasteiger partial charge is 0.306 e. The first-order valence-electron chi connectivity index (χ1n) is 9.87. The Hall–Kier alpha value is -1.12. The maximum Gasteiger partial charge on any atom is 0.306 e. The third kappa shape index (κ3) is 3.71. The molecular formula is C20H28O6S2. The van der Waals surface area contributed by atoms with Crippen LogP contribution in [0.2, 0.25) is 0 Å².